The van der Waals surface area contributed by atoms with Gasteiger partial charge in [-0.3, -0.25) is 5.32 Å². The summed E-state index contributed by atoms with van der Waals surface area (Å²) in [5.74, 6) is 0.592. The number of amides is 1. The van der Waals surface area contributed by atoms with Gasteiger partial charge in [-0.25, -0.2) is 9.78 Å². The summed E-state index contributed by atoms with van der Waals surface area (Å²) < 4.78 is 7.74. The number of aromatic nitrogens is 2. The van der Waals surface area contributed by atoms with Gasteiger partial charge >= 0.3 is 6.09 Å². The van der Waals surface area contributed by atoms with Gasteiger partial charge < -0.3 is 14.2 Å². The number of carbonyl (C=O) groups is 1. The van der Waals surface area contributed by atoms with Crippen molar-refractivity contribution in [1.82, 2.24) is 9.55 Å². The molecule has 0 aliphatic carbocycles. The van der Waals surface area contributed by atoms with Gasteiger partial charge in [-0.1, -0.05) is 61.0 Å². The smallest absolute Gasteiger partial charge is 0.411 e. The molecule has 1 heterocycles. The first-order valence-corrected chi connectivity index (χ1v) is 13.9. The Labute approximate surface area is 240 Å². The van der Waals surface area contributed by atoms with Crippen molar-refractivity contribution in [3.8, 4) is 0 Å². The van der Waals surface area contributed by atoms with E-state index in [1.165, 1.54) is 0 Å². The van der Waals surface area contributed by atoms with E-state index in [1.807, 2.05) is 50.3 Å². The number of imidazole rings is 1. The topological polar surface area (TPSA) is 59.4 Å². The molecular weight excluding hydrogens is 531 g/mol. The molecule has 0 aliphatic heterocycles. The minimum Gasteiger partial charge on any atom is -0.449 e. The largest absolute Gasteiger partial charge is 0.449 e. The maximum atomic E-state index is 12.7. The first kappa shape index (κ1) is 28.5. The number of rotatable bonds is 10. The quantitative estimate of drug-likeness (QED) is 0.209. The number of hydrogen-bond acceptors (Lipinski definition) is 4. The van der Waals surface area contributed by atoms with Crippen molar-refractivity contribution in [2.45, 2.75) is 40.2 Å². The van der Waals surface area contributed by atoms with Crippen LogP contribution in [-0.2, 0) is 11.3 Å². The van der Waals surface area contributed by atoms with Crippen LogP contribution >= 0.6 is 23.2 Å². The maximum Gasteiger partial charge on any atom is 0.411 e. The molecule has 1 aromatic heterocycles. The summed E-state index contributed by atoms with van der Waals surface area (Å²) in [4.78, 5) is 19.8. The molecule has 1 amide bonds. The minimum absolute atomic E-state index is 0.153. The molecule has 4 rings (SSSR count). The maximum absolute atomic E-state index is 12.7. The lowest BCUT2D eigenvalue weighted by molar-refractivity contribution is 0.154. The van der Waals surface area contributed by atoms with Crippen molar-refractivity contribution < 1.29 is 9.53 Å². The van der Waals surface area contributed by atoms with E-state index in [9.17, 15) is 4.79 Å². The first-order valence-electron chi connectivity index (χ1n) is 13.1. The second-order valence-corrected chi connectivity index (χ2v) is 10.4. The SMILES string of the molecule is C=Cc1cccc(Cn2c(C(C)COC(=O)Nc3ccc(N(CC)CC)cc3C)nc3cc(Cl)c(Cl)cc32)c1. The van der Waals surface area contributed by atoms with Crippen LogP contribution < -0.4 is 10.2 Å². The molecule has 6 nitrogen and oxygen atoms in total. The Hall–Kier alpha value is -3.48. The molecule has 0 aliphatic rings. The number of nitrogens with zero attached hydrogens (tertiary/aromatic N) is 3. The average Bonchev–Trinajstić information content (AvgIpc) is 3.26. The fraction of sp³-hybridized carbons (Fsp3) is 0.290. The molecule has 4 aromatic rings. The van der Waals surface area contributed by atoms with Crippen molar-refractivity contribution in [1.29, 1.82) is 0 Å². The number of carbonyl (C=O) groups excluding carboxylic acids is 1. The third-order valence-electron chi connectivity index (χ3n) is 6.83. The van der Waals surface area contributed by atoms with E-state index in [0.29, 0.717) is 16.6 Å². The van der Waals surface area contributed by atoms with E-state index in [0.717, 1.165) is 58.0 Å². The fourth-order valence-corrected chi connectivity index (χ4v) is 4.99. The fourth-order valence-electron chi connectivity index (χ4n) is 4.68. The van der Waals surface area contributed by atoms with Crippen LogP contribution in [0.3, 0.4) is 0 Å². The highest BCUT2D eigenvalue weighted by molar-refractivity contribution is 6.42. The summed E-state index contributed by atoms with van der Waals surface area (Å²) in [5.41, 5.74) is 6.55. The summed E-state index contributed by atoms with van der Waals surface area (Å²) in [7, 11) is 0. The summed E-state index contributed by atoms with van der Waals surface area (Å²) in [5, 5.41) is 3.78. The Kier molecular flexibility index (Phi) is 9.20. The molecule has 204 valence electrons. The zero-order valence-corrected chi connectivity index (χ0v) is 24.3. The lowest BCUT2D eigenvalue weighted by Crippen LogP contribution is -2.22. The molecule has 0 bridgehead atoms. The number of nitrogens with one attached hydrogen (secondary N) is 1. The molecule has 39 heavy (non-hydrogen) atoms. The van der Waals surface area contributed by atoms with Crippen LogP contribution in [0, 0.1) is 6.92 Å². The second kappa shape index (κ2) is 12.6. The van der Waals surface area contributed by atoms with Crippen molar-refractivity contribution in [3.05, 3.63) is 93.7 Å². The second-order valence-electron chi connectivity index (χ2n) is 9.56. The van der Waals surface area contributed by atoms with Crippen LogP contribution in [0.5, 0.6) is 0 Å². The Balaban J connectivity index is 1.52. The van der Waals surface area contributed by atoms with Crippen molar-refractivity contribution >= 4 is 57.8 Å². The Morgan fingerprint density at radius 3 is 2.56 bits per heavy atom. The van der Waals surface area contributed by atoms with Crippen molar-refractivity contribution in [3.63, 3.8) is 0 Å². The number of ether oxygens (including phenoxy) is 1. The molecule has 0 spiro atoms. The molecule has 0 saturated heterocycles. The molecular formula is C31H34Cl2N4O2. The van der Waals surface area contributed by atoms with Gasteiger partial charge in [-0.05, 0) is 73.9 Å². The zero-order valence-electron chi connectivity index (χ0n) is 22.8. The highest BCUT2D eigenvalue weighted by atomic mass is 35.5. The molecule has 0 radical (unpaired) electrons. The Morgan fingerprint density at radius 1 is 1.13 bits per heavy atom. The van der Waals surface area contributed by atoms with Gasteiger partial charge in [-0.2, -0.15) is 0 Å². The van der Waals surface area contributed by atoms with Crippen LogP contribution in [0.2, 0.25) is 10.0 Å². The summed E-state index contributed by atoms with van der Waals surface area (Å²) in [6, 6.07) is 17.8. The number of aryl methyl sites for hydroxylation is 1. The Morgan fingerprint density at radius 2 is 1.87 bits per heavy atom. The molecule has 3 aromatic carbocycles. The normalized spacial score (nSPS) is 11.8. The number of halogens is 2. The summed E-state index contributed by atoms with van der Waals surface area (Å²) >= 11 is 12.7. The van der Waals surface area contributed by atoms with Crippen LogP contribution in [0.15, 0.2) is 61.2 Å². The highest BCUT2D eigenvalue weighted by Crippen LogP contribution is 2.31. The predicted octanol–water partition coefficient (Wildman–Crippen LogP) is 8.54. The van der Waals surface area contributed by atoms with Gasteiger partial charge in [0.2, 0.25) is 0 Å². The predicted molar refractivity (Wildman–Crippen MR) is 164 cm³/mol. The van der Waals surface area contributed by atoms with Gasteiger partial charge in [-0.15, -0.1) is 0 Å². The van der Waals surface area contributed by atoms with Crippen LogP contribution in [0.25, 0.3) is 17.1 Å². The molecule has 0 saturated carbocycles. The first-order chi connectivity index (χ1) is 18.7. The van der Waals surface area contributed by atoms with Gasteiger partial charge in [0.1, 0.15) is 12.4 Å². The van der Waals surface area contributed by atoms with Crippen molar-refractivity contribution in [2.24, 2.45) is 0 Å². The third kappa shape index (κ3) is 6.57. The standard InChI is InChI=1S/C31H34Cl2N4O2/c1-6-22-10-9-11-23(15-22)18-37-29-17-26(33)25(32)16-28(29)34-30(37)21(5)19-39-31(38)35-27-13-12-24(14-20(27)4)36(7-2)8-3/h6,9-17,21H,1,7-8,18-19H2,2-5H3,(H,35,38). The minimum atomic E-state index is -0.507. The van der Waals surface area contributed by atoms with Crippen molar-refractivity contribution in [2.75, 3.05) is 29.9 Å². The number of anilines is 2. The Bertz CT molecular complexity index is 1490. The molecule has 0 fully saturated rings. The average molecular weight is 566 g/mol. The van der Waals surface area contributed by atoms with E-state index in [4.69, 9.17) is 32.9 Å². The van der Waals surface area contributed by atoms with Crippen LogP contribution in [0.1, 0.15) is 49.2 Å². The van der Waals surface area contributed by atoms with E-state index in [2.05, 4.69) is 53.4 Å². The molecule has 1 N–H and O–H groups in total. The molecule has 1 atom stereocenters. The third-order valence-corrected chi connectivity index (χ3v) is 7.55. The summed E-state index contributed by atoms with van der Waals surface area (Å²) in [6.07, 6.45) is 1.31. The van der Waals surface area contributed by atoms with Crippen LogP contribution in [-0.4, -0.2) is 35.3 Å². The van der Waals surface area contributed by atoms with Gasteiger partial charge in [0.05, 0.1) is 21.1 Å². The number of fused-ring (bicyclic) bond motifs is 1. The van der Waals surface area contributed by atoms with Gasteiger partial charge in [0, 0.05) is 36.9 Å². The zero-order chi connectivity index (χ0) is 28.1. The van der Waals surface area contributed by atoms with E-state index in [-0.39, 0.29) is 12.5 Å². The van der Waals surface area contributed by atoms with Crippen LogP contribution in [0.4, 0.5) is 16.2 Å². The highest BCUT2D eigenvalue weighted by Gasteiger charge is 2.20. The lowest BCUT2D eigenvalue weighted by Gasteiger charge is -2.22. The number of benzene rings is 3. The molecule has 1 unspecified atom stereocenters. The lowest BCUT2D eigenvalue weighted by atomic mass is 10.1. The van der Waals surface area contributed by atoms with E-state index >= 15 is 0 Å². The van der Waals surface area contributed by atoms with Gasteiger partial charge in [0.25, 0.3) is 0 Å². The van der Waals surface area contributed by atoms with Gasteiger partial charge in [0.15, 0.2) is 0 Å². The monoisotopic (exact) mass is 564 g/mol. The summed E-state index contributed by atoms with van der Waals surface area (Å²) in [6.45, 7) is 14.7. The van der Waals surface area contributed by atoms with E-state index < -0.39 is 6.09 Å². The molecule has 8 heteroatoms. The van der Waals surface area contributed by atoms with E-state index in [1.54, 1.807) is 6.07 Å². The number of hydrogen-bond donors (Lipinski definition) is 1.